The highest BCUT2D eigenvalue weighted by Crippen LogP contribution is 2.44. The minimum atomic E-state index is -1.51. The molecule has 1 saturated heterocycles. The standard InChI is InChI=1S/C28H28F3NO5/c29-20-8-4-5-9-24(20)37-25-12-19-13-32(16-28(19,35)27(25)34)14-23(33)18-10-21(30)26(22(31)11-18)36-15-17-6-2-1-3-7-17/h1-11,19,23,25,27,33-35H,12-16H2/t19-,23+,25+,27+,28-/m1/s1. The van der Waals surface area contributed by atoms with Gasteiger partial charge in [-0.3, -0.25) is 4.90 Å². The SMILES string of the molecule is O[C@@H](CN1C[C@H]2C[C@H](Oc3ccccc3F)[C@H](O)[C@@]2(O)C1)c1cc(F)c(OCc2ccccc2)c(F)c1. The number of aliphatic hydroxyl groups excluding tert-OH is 2. The van der Waals surface area contributed by atoms with Gasteiger partial charge in [0, 0.05) is 25.6 Å². The van der Waals surface area contributed by atoms with E-state index in [4.69, 9.17) is 9.47 Å². The van der Waals surface area contributed by atoms with Gasteiger partial charge in [0.1, 0.15) is 24.4 Å². The van der Waals surface area contributed by atoms with Crippen molar-refractivity contribution in [1.29, 1.82) is 0 Å². The number of hydrogen-bond acceptors (Lipinski definition) is 6. The second kappa shape index (κ2) is 10.3. The molecule has 196 valence electrons. The number of hydrogen-bond donors (Lipinski definition) is 3. The van der Waals surface area contributed by atoms with Crippen molar-refractivity contribution in [2.45, 2.75) is 36.9 Å². The lowest BCUT2D eigenvalue weighted by molar-refractivity contribution is -0.0879. The normalized spacial score (nSPS) is 26.2. The van der Waals surface area contributed by atoms with Crippen LogP contribution in [-0.2, 0) is 6.61 Å². The maximum absolute atomic E-state index is 14.6. The van der Waals surface area contributed by atoms with Gasteiger partial charge in [-0.05, 0) is 41.8 Å². The predicted octanol–water partition coefficient (Wildman–Crippen LogP) is 3.59. The summed E-state index contributed by atoms with van der Waals surface area (Å²) in [5.74, 6) is -3.31. The molecule has 0 bridgehead atoms. The van der Waals surface area contributed by atoms with Gasteiger partial charge < -0.3 is 24.8 Å². The molecule has 6 nitrogen and oxygen atoms in total. The largest absolute Gasteiger partial charge is 0.485 e. The zero-order valence-electron chi connectivity index (χ0n) is 19.9. The molecule has 2 aliphatic rings. The fraction of sp³-hybridized carbons (Fsp3) is 0.357. The second-order valence-electron chi connectivity index (χ2n) is 9.75. The number of aliphatic hydroxyl groups is 3. The molecule has 5 atom stereocenters. The number of para-hydroxylation sites is 1. The van der Waals surface area contributed by atoms with Gasteiger partial charge >= 0.3 is 0 Å². The number of likely N-dealkylation sites (tertiary alicyclic amines) is 1. The summed E-state index contributed by atoms with van der Waals surface area (Å²) < 4.78 is 54.2. The molecule has 0 aromatic heterocycles. The molecule has 5 rings (SSSR count). The zero-order valence-corrected chi connectivity index (χ0v) is 19.9. The molecule has 0 spiro atoms. The van der Waals surface area contributed by atoms with Crippen LogP contribution in [0.4, 0.5) is 13.2 Å². The minimum absolute atomic E-state index is 0.00245. The average Bonchev–Trinajstić information content (AvgIpc) is 3.30. The number of β-amino-alcohol motifs (C(OH)–C–C–N with tert-alkyl or cyclic N) is 2. The van der Waals surface area contributed by atoms with E-state index in [0.29, 0.717) is 6.54 Å². The Hall–Kier alpha value is -3.11. The van der Waals surface area contributed by atoms with E-state index in [1.165, 1.54) is 18.2 Å². The summed E-state index contributed by atoms with van der Waals surface area (Å²) in [4.78, 5) is 1.73. The van der Waals surface area contributed by atoms with Crippen molar-refractivity contribution in [3.05, 3.63) is 95.3 Å². The fourth-order valence-corrected chi connectivity index (χ4v) is 5.31. The van der Waals surface area contributed by atoms with Crippen LogP contribution >= 0.6 is 0 Å². The van der Waals surface area contributed by atoms with Crippen molar-refractivity contribution in [1.82, 2.24) is 4.90 Å². The van der Waals surface area contributed by atoms with Crippen LogP contribution in [0.25, 0.3) is 0 Å². The quantitative estimate of drug-likeness (QED) is 0.426. The van der Waals surface area contributed by atoms with Gasteiger partial charge in [0.2, 0.25) is 0 Å². The summed E-state index contributed by atoms with van der Waals surface area (Å²) in [5, 5.41) is 32.6. The van der Waals surface area contributed by atoms with Gasteiger partial charge in [-0.2, -0.15) is 0 Å². The molecule has 3 N–H and O–H groups in total. The van der Waals surface area contributed by atoms with Crippen LogP contribution in [0.1, 0.15) is 23.7 Å². The first-order valence-electron chi connectivity index (χ1n) is 12.1. The Morgan fingerprint density at radius 2 is 1.65 bits per heavy atom. The van der Waals surface area contributed by atoms with Gasteiger partial charge in [-0.1, -0.05) is 42.5 Å². The van der Waals surface area contributed by atoms with Gasteiger partial charge in [-0.25, -0.2) is 13.2 Å². The first kappa shape index (κ1) is 25.5. The lowest BCUT2D eigenvalue weighted by Crippen LogP contribution is -2.49. The summed E-state index contributed by atoms with van der Waals surface area (Å²) in [7, 11) is 0. The summed E-state index contributed by atoms with van der Waals surface area (Å²) in [5.41, 5.74) is -0.722. The smallest absolute Gasteiger partial charge is 0.191 e. The van der Waals surface area contributed by atoms with Crippen LogP contribution in [0.3, 0.4) is 0 Å². The van der Waals surface area contributed by atoms with E-state index >= 15 is 0 Å². The van der Waals surface area contributed by atoms with Gasteiger partial charge in [0.05, 0.1) is 6.10 Å². The molecule has 0 radical (unpaired) electrons. The first-order valence-corrected chi connectivity index (χ1v) is 12.1. The number of rotatable bonds is 8. The van der Waals surface area contributed by atoms with Crippen LogP contribution in [0, 0.1) is 23.4 Å². The van der Waals surface area contributed by atoms with Gasteiger partial charge in [-0.15, -0.1) is 0 Å². The van der Waals surface area contributed by atoms with E-state index in [-0.39, 0.29) is 43.3 Å². The van der Waals surface area contributed by atoms with E-state index in [0.717, 1.165) is 17.7 Å². The molecule has 37 heavy (non-hydrogen) atoms. The number of ether oxygens (including phenoxy) is 2. The van der Waals surface area contributed by atoms with E-state index < -0.39 is 47.1 Å². The third-order valence-electron chi connectivity index (χ3n) is 7.22. The predicted molar refractivity (Wildman–Crippen MR) is 128 cm³/mol. The van der Waals surface area contributed by atoms with Crippen molar-refractivity contribution in [2.24, 2.45) is 5.92 Å². The number of benzene rings is 3. The third-order valence-corrected chi connectivity index (χ3v) is 7.22. The van der Waals surface area contributed by atoms with E-state index in [1.807, 2.05) is 6.07 Å². The molecule has 2 fully saturated rings. The Labute approximate surface area is 212 Å². The molecule has 1 aliphatic carbocycles. The highest BCUT2D eigenvalue weighted by atomic mass is 19.1. The fourth-order valence-electron chi connectivity index (χ4n) is 5.31. The van der Waals surface area contributed by atoms with E-state index in [1.54, 1.807) is 35.2 Å². The van der Waals surface area contributed by atoms with Crippen molar-refractivity contribution in [3.63, 3.8) is 0 Å². The van der Waals surface area contributed by atoms with Crippen LogP contribution in [0.5, 0.6) is 11.5 Å². The molecule has 0 amide bonds. The molecular formula is C28H28F3NO5. The topological polar surface area (TPSA) is 82.4 Å². The Morgan fingerprint density at radius 3 is 2.32 bits per heavy atom. The van der Waals surface area contributed by atoms with Crippen molar-refractivity contribution < 1.29 is 38.0 Å². The number of fused-ring (bicyclic) bond motifs is 1. The monoisotopic (exact) mass is 515 g/mol. The molecule has 1 aliphatic heterocycles. The molecular weight excluding hydrogens is 487 g/mol. The first-order chi connectivity index (χ1) is 17.7. The Kier molecular flexibility index (Phi) is 7.13. The summed E-state index contributed by atoms with van der Waals surface area (Å²) >= 11 is 0. The summed E-state index contributed by atoms with van der Waals surface area (Å²) in [6.07, 6.45) is -3.01. The van der Waals surface area contributed by atoms with Crippen LogP contribution in [0.2, 0.25) is 0 Å². The Bertz CT molecular complexity index is 1220. The zero-order chi connectivity index (χ0) is 26.2. The summed E-state index contributed by atoms with van der Waals surface area (Å²) in [6, 6.07) is 16.9. The minimum Gasteiger partial charge on any atom is -0.485 e. The summed E-state index contributed by atoms with van der Waals surface area (Å²) in [6.45, 7) is 0.336. The second-order valence-corrected chi connectivity index (χ2v) is 9.75. The molecule has 3 aromatic carbocycles. The van der Waals surface area contributed by atoms with Crippen LogP contribution in [0.15, 0.2) is 66.7 Å². The molecule has 3 aromatic rings. The molecule has 0 unspecified atom stereocenters. The van der Waals surface area contributed by atoms with Crippen LogP contribution < -0.4 is 9.47 Å². The van der Waals surface area contributed by atoms with Crippen molar-refractivity contribution in [2.75, 3.05) is 19.6 Å². The Morgan fingerprint density at radius 1 is 0.973 bits per heavy atom. The van der Waals surface area contributed by atoms with E-state index in [2.05, 4.69) is 0 Å². The van der Waals surface area contributed by atoms with Crippen molar-refractivity contribution >= 4 is 0 Å². The average molecular weight is 516 g/mol. The maximum Gasteiger partial charge on any atom is 0.191 e. The maximum atomic E-state index is 14.6. The van der Waals surface area contributed by atoms with Crippen LogP contribution in [-0.4, -0.2) is 57.7 Å². The number of halogens is 3. The number of nitrogens with zero attached hydrogens (tertiary/aromatic N) is 1. The highest BCUT2D eigenvalue weighted by molar-refractivity contribution is 5.33. The molecule has 1 saturated carbocycles. The molecule has 9 heteroatoms. The Balaban J connectivity index is 1.20. The van der Waals surface area contributed by atoms with Crippen molar-refractivity contribution in [3.8, 4) is 11.5 Å². The lowest BCUT2D eigenvalue weighted by Gasteiger charge is -2.29. The third kappa shape index (κ3) is 5.17. The molecule has 1 heterocycles. The van der Waals surface area contributed by atoms with E-state index in [9.17, 15) is 28.5 Å². The van der Waals surface area contributed by atoms with Gasteiger partial charge in [0.15, 0.2) is 29.0 Å². The van der Waals surface area contributed by atoms with Gasteiger partial charge in [0.25, 0.3) is 0 Å². The highest BCUT2D eigenvalue weighted by Gasteiger charge is 2.59. The lowest BCUT2D eigenvalue weighted by atomic mass is 9.93.